The van der Waals surface area contributed by atoms with Crippen molar-refractivity contribution in [2.45, 2.75) is 41.8 Å². The molecule has 0 saturated heterocycles. The van der Waals surface area contributed by atoms with Crippen LogP contribution in [0.3, 0.4) is 0 Å². The van der Waals surface area contributed by atoms with Crippen LogP contribution in [0.1, 0.15) is 19.3 Å². The van der Waals surface area contributed by atoms with Gasteiger partial charge in [0, 0.05) is 25.1 Å². The standard InChI is InChI=1S/C20H30IN7O10/c21-18(20(38)24-7-11(22)29)27-14(32)9-23-13(31)8-25-19(37)10(6-17(35)36)26-12(30)2-1-5-28-15(33)3-4-16(28)34/h3-4,10-11,14,18,27,29,32H,1-2,5-9,22H2,(H,23,31)(H,24,38)(H,25,37)(H,26,30)(H,35,36)/t10?,11?,14?,18-/m1/s1. The second-order valence-corrected chi connectivity index (χ2v) is 9.11. The van der Waals surface area contributed by atoms with E-state index in [4.69, 9.17) is 15.9 Å². The fourth-order valence-corrected chi connectivity index (χ4v) is 3.50. The van der Waals surface area contributed by atoms with Crippen LogP contribution in [-0.4, -0.2) is 110 Å². The summed E-state index contributed by atoms with van der Waals surface area (Å²) < 4.78 is -0.925. The van der Waals surface area contributed by atoms with Crippen molar-refractivity contribution in [3.05, 3.63) is 12.2 Å². The fraction of sp³-hybridized carbons (Fsp3) is 0.550. The highest BCUT2D eigenvalue weighted by atomic mass is 127. The molecule has 212 valence electrons. The van der Waals surface area contributed by atoms with Crippen LogP contribution in [0.4, 0.5) is 0 Å². The fourth-order valence-electron chi connectivity index (χ4n) is 2.86. The summed E-state index contributed by atoms with van der Waals surface area (Å²) in [7, 11) is 0. The molecule has 0 aromatic carbocycles. The van der Waals surface area contributed by atoms with Crippen molar-refractivity contribution in [3.8, 4) is 0 Å². The number of nitrogens with zero attached hydrogens (tertiary/aromatic N) is 1. The first kappa shape index (κ1) is 32.8. The quantitative estimate of drug-likeness (QED) is 0.0234. The second kappa shape index (κ2) is 16.6. The van der Waals surface area contributed by atoms with E-state index in [0.717, 1.165) is 17.1 Å². The average molecular weight is 655 g/mol. The molecule has 0 radical (unpaired) electrons. The van der Waals surface area contributed by atoms with Gasteiger partial charge in [0.25, 0.3) is 11.8 Å². The number of rotatable bonds is 17. The van der Waals surface area contributed by atoms with Gasteiger partial charge in [-0.3, -0.25) is 43.8 Å². The summed E-state index contributed by atoms with van der Waals surface area (Å²) in [5.74, 6) is -5.39. The number of aliphatic carboxylic acids is 1. The molecule has 0 aliphatic carbocycles. The molecule has 3 unspecified atom stereocenters. The summed E-state index contributed by atoms with van der Waals surface area (Å²) in [6, 6.07) is -1.50. The van der Waals surface area contributed by atoms with E-state index in [1.807, 2.05) is 0 Å². The van der Waals surface area contributed by atoms with Crippen molar-refractivity contribution >= 4 is 64.0 Å². The van der Waals surface area contributed by atoms with E-state index >= 15 is 0 Å². The number of carboxylic acids is 1. The summed E-state index contributed by atoms with van der Waals surface area (Å²) in [5.41, 5.74) is 5.11. The first-order valence-electron chi connectivity index (χ1n) is 11.2. The van der Waals surface area contributed by atoms with Gasteiger partial charge in [-0.05, 0) is 6.42 Å². The molecular formula is C20H30IN7O10. The van der Waals surface area contributed by atoms with Crippen molar-refractivity contribution < 1.29 is 48.9 Å². The Morgan fingerprint density at radius 2 is 1.58 bits per heavy atom. The van der Waals surface area contributed by atoms with Crippen molar-refractivity contribution in [1.82, 2.24) is 31.5 Å². The summed E-state index contributed by atoms with van der Waals surface area (Å²) in [6.07, 6.45) is -1.30. The number of aliphatic hydroxyl groups excluding tert-OH is 2. The molecule has 18 heteroatoms. The van der Waals surface area contributed by atoms with Crippen molar-refractivity contribution in [1.29, 1.82) is 0 Å². The van der Waals surface area contributed by atoms with E-state index < -0.39 is 76.9 Å². The molecule has 0 fully saturated rings. The molecule has 1 aliphatic heterocycles. The van der Waals surface area contributed by atoms with Crippen LogP contribution in [0, 0.1) is 0 Å². The Morgan fingerprint density at radius 3 is 2.16 bits per heavy atom. The number of nitrogens with two attached hydrogens (primary N) is 1. The molecule has 4 atom stereocenters. The Labute approximate surface area is 230 Å². The third kappa shape index (κ3) is 12.9. The van der Waals surface area contributed by atoms with E-state index in [1.165, 1.54) is 0 Å². The SMILES string of the molecule is NC(O)CNC(=O)[C@H](I)NC(O)CNC(=O)CNC(=O)C(CC(=O)O)NC(=O)CCCN1C(=O)C=CC1=O. The number of hydrogen-bond donors (Lipinski definition) is 9. The van der Waals surface area contributed by atoms with Crippen molar-refractivity contribution in [2.75, 3.05) is 26.2 Å². The first-order valence-corrected chi connectivity index (χ1v) is 12.4. The van der Waals surface area contributed by atoms with Crippen molar-refractivity contribution in [2.24, 2.45) is 5.73 Å². The maximum absolute atomic E-state index is 12.3. The molecule has 1 rings (SSSR count). The Hall–Kier alpha value is -3.20. The van der Waals surface area contributed by atoms with Crippen LogP contribution in [-0.2, 0) is 33.6 Å². The average Bonchev–Trinajstić information content (AvgIpc) is 3.15. The maximum Gasteiger partial charge on any atom is 0.305 e. The third-order valence-corrected chi connectivity index (χ3v) is 5.61. The van der Waals surface area contributed by atoms with Crippen LogP contribution in [0.5, 0.6) is 0 Å². The minimum absolute atomic E-state index is 0.0332. The molecular weight excluding hydrogens is 625 g/mol. The molecule has 0 saturated carbocycles. The smallest absolute Gasteiger partial charge is 0.305 e. The number of carbonyl (C=O) groups is 7. The highest BCUT2D eigenvalue weighted by Crippen LogP contribution is 2.06. The zero-order chi connectivity index (χ0) is 28.8. The highest BCUT2D eigenvalue weighted by molar-refractivity contribution is 14.1. The molecule has 1 aliphatic rings. The molecule has 0 spiro atoms. The lowest BCUT2D eigenvalue weighted by molar-refractivity contribution is -0.141. The molecule has 1 heterocycles. The summed E-state index contributed by atoms with van der Waals surface area (Å²) in [5, 5.41) is 39.4. The Balaban J connectivity index is 2.41. The van der Waals surface area contributed by atoms with Gasteiger partial charge in [-0.25, -0.2) is 0 Å². The normalized spacial score (nSPS) is 15.8. The Kier molecular flexibility index (Phi) is 14.3. The number of aliphatic hydroxyl groups is 2. The lowest BCUT2D eigenvalue weighted by Gasteiger charge is -2.19. The molecule has 10 N–H and O–H groups in total. The number of hydrogen-bond acceptors (Lipinski definition) is 11. The number of amides is 6. The molecule has 17 nitrogen and oxygen atoms in total. The van der Waals surface area contributed by atoms with Crippen LogP contribution in [0.25, 0.3) is 0 Å². The number of carbonyl (C=O) groups excluding carboxylic acids is 6. The maximum atomic E-state index is 12.3. The van der Waals surface area contributed by atoms with Crippen LogP contribution in [0.2, 0.25) is 0 Å². The zero-order valence-corrected chi connectivity index (χ0v) is 22.2. The molecule has 0 bridgehead atoms. The molecule has 6 amide bonds. The van der Waals surface area contributed by atoms with E-state index in [-0.39, 0.29) is 32.5 Å². The van der Waals surface area contributed by atoms with E-state index in [1.54, 1.807) is 22.6 Å². The number of carboxylic acid groups (broad SMARTS) is 1. The van der Waals surface area contributed by atoms with E-state index in [2.05, 4.69) is 26.6 Å². The number of halogens is 1. The Morgan fingerprint density at radius 1 is 0.947 bits per heavy atom. The van der Waals surface area contributed by atoms with Gasteiger partial charge in [0.2, 0.25) is 23.6 Å². The van der Waals surface area contributed by atoms with Gasteiger partial charge in [0.05, 0.1) is 26.1 Å². The molecule has 0 aromatic rings. The predicted molar refractivity (Wildman–Crippen MR) is 135 cm³/mol. The lowest BCUT2D eigenvalue weighted by atomic mass is 10.1. The number of imide groups is 1. The molecule has 0 aromatic heterocycles. The number of alkyl halides is 1. The first-order chi connectivity index (χ1) is 17.8. The summed E-state index contributed by atoms with van der Waals surface area (Å²) >= 11 is 1.66. The van der Waals surface area contributed by atoms with Crippen LogP contribution >= 0.6 is 22.6 Å². The minimum atomic E-state index is -1.50. The minimum Gasteiger partial charge on any atom is -0.481 e. The number of nitrogens with one attached hydrogen (secondary N) is 5. The van der Waals surface area contributed by atoms with Crippen LogP contribution < -0.4 is 32.3 Å². The van der Waals surface area contributed by atoms with Gasteiger partial charge in [-0.1, -0.05) is 22.6 Å². The van der Waals surface area contributed by atoms with Crippen molar-refractivity contribution in [3.63, 3.8) is 0 Å². The zero-order valence-electron chi connectivity index (χ0n) is 20.0. The van der Waals surface area contributed by atoms with Gasteiger partial charge in [-0.15, -0.1) is 0 Å². The third-order valence-electron chi connectivity index (χ3n) is 4.69. The lowest BCUT2D eigenvalue weighted by Crippen LogP contribution is -2.52. The molecule has 38 heavy (non-hydrogen) atoms. The van der Waals surface area contributed by atoms with E-state index in [0.29, 0.717) is 0 Å². The predicted octanol–water partition coefficient (Wildman–Crippen LogP) is -5.05. The van der Waals surface area contributed by atoms with Gasteiger partial charge >= 0.3 is 5.97 Å². The monoisotopic (exact) mass is 655 g/mol. The van der Waals surface area contributed by atoms with Gasteiger partial charge in [-0.2, -0.15) is 0 Å². The summed E-state index contributed by atoms with van der Waals surface area (Å²) in [6.45, 7) is -1.19. The topological polar surface area (TPSA) is 270 Å². The summed E-state index contributed by atoms with van der Waals surface area (Å²) in [4.78, 5) is 83.3. The Bertz CT molecular complexity index is 927. The van der Waals surface area contributed by atoms with Gasteiger partial charge in [0.15, 0.2) is 0 Å². The van der Waals surface area contributed by atoms with Crippen LogP contribution in [0.15, 0.2) is 12.2 Å². The largest absolute Gasteiger partial charge is 0.481 e. The van der Waals surface area contributed by atoms with Gasteiger partial charge < -0.3 is 42.3 Å². The highest BCUT2D eigenvalue weighted by Gasteiger charge is 2.26. The van der Waals surface area contributed by atoms with E-state index in [9.17, 15) is 38.7 Å². The van der Waals surface area contributed by atoms with Gasteiger partial charge in [0.1, 0.15) is 22.5 Å². The second-order valence-electron chi connectivity index (χ2n) is 7.86.